The van der Waals surface area contributed by atoms with Crippen LogP contribution in [0.25, 0.3) is 0 Å². The van der Waals surface area contributed by atoms with Gasteiger partial charge in [0.05, 0.1) is 26.2 Å². The molecule has 6 aromatic rings. The predicted molar refractivity (Wildman–Crippen MR) is 279 cm³/mol. The van der Waals surface area contributed by atoms with E-state index in [2.05, 4.69) is 77.7 Å². The van der Waals surface area contributed by atoms with Gasteiger partial charge in [-0.25, -0.2) is 0 Å². The number of rotatable bonds is 17. The summed E-state index contributed by atoms with van der Waals surface area (Å²) in [6.07, 6.45) is 3.91. The molecule has 1 fully saturated rings. The Hall–Kier alpha value is -6.68. The van der Waals surface area contributed by atoms with E-state index in [1.165, 1.54) is 0 Å². The average Bonchev–Trinajstić information content (AvgIpc) is 3.38. The van der Waals surface area contributed by atoms with Crippen LogP contribution < -0.4 is 5.73 Å². The first kappa shape index (κ1) is 51.7. The Labute approximate surface area is 411 Å². The molecule has 69 heavy (non-hydrogen) atoms. The summed E-state index contributed by atoms with van der Waals surface area (Å²) in [5.74, 6) is -1.30. The normalized spacial score (nSPS) is 15.0. The molecule has 7 rings (SSSR count). The number of benzene rings is 6. The van der Waals surface area contributed by atoms with Crippen molar-refractivity contribution in [2.45, 2.75) is 63.7 Å². The number of nitrogens with two attached hydrogens (primary N) is 1. The van der Waals surface area contributed by atoms with E-state index in [0.717, 1.165) is 46.2 Å². The zero-order chi connectivity index (χ0) is 47.3. The highest BCUT2D eigenvalue weighted by atomic mass is 16.2. The molecule has 0 atom stereocenters. The number of Topliss-reactive ketones (excluding diaryl/α,β-unsaturated/α-hetero) is 1. The molecule has 6 aromatic carbocycles. The molecule has 1 heterocycles. The zero-order valence-electron chi connectivity index (χ0n) is 39.4. The fraction of sp³-hybridized carbons (Fsp3) is 0.333. The number of hydrogen-bond donors (Lipinski definition) is 1. The minimum atomic E-state index is -0.318. The summed E-state index contributed by atoms with van der Waals surface area (Å²) >= 11 is 0. The Kier molecular flexibility index (Phi) is 20.5. The second-order valence-corrected chi connectivity index (χ2v) is 18.1. The van der Waals surface area contributed by atoms with Crippen LogP contribution in [0.5, 0.6) is 0 Å². The van der Waals surface area contributed by atoms with Crippen molar-refractivity contribution < 1.29 is 19.2 Å². The molecule has 360 valence electrons. The number of carbonyl (C=O) groups excluding carboxylic acids is 4. The lowest BCUT2D eigenvalue weighted by atomic mass is 9.90. The third kappa shape index (κ3) is 15.4. The predicted octanol–water partition coefficient (Wildman–Crippen LogP) is 9.79. The number of carbonyl (C=O) groups is 4. The standard InChI is InChI=1S/C59H67N5O4.CH4/c60-37-21-7-22-39-62-45-58(67)64(43-56(51-32-16-5-17-33-51)52-34-18-6-19-35-52)46-59(68)63(42-55(49-28-12-3-13-29-49)50-30-14-4-15-31-50)40-53(65)36-20-23-38-61(44-57(62)66)41-54(47-24-8-1-9-25-47)48-26-10-2-11-27-48;/h1-6,8-19,24-35,54-56H,7,20-23,36-46,60H2;1H4. The van der Waals surface area contributed by atoms with E-state index >= 15 is 9.59 Å². The van der Waals surface area contributed by atoms with Crippen LogP contribution in [0.15, 0.2) is 182 Å². The SMILES string of the molecule is C.NCCCCCN1CC(=O)N(CC(c2ccccc2)c2ccccc2)CC(=O)N(CC(c2ccccc2)c2ccccc2)CC(=O)CCCCN(CC(c2ccccc2)c2ccccc2)CC1=O. The van der Waals surface area contributed by atoms with Gasteiger partial charge >= 0.3 is 0 Å². The Morgan fingerprint density at radius 2 is 0.739 bits per heavy atom. The Morgan fingerprint density at radius 1 is 0.391 bits per heavy atom. The van der Waals surface area contributed by atoms with E-state index in [9.17, 15) is 9.59 Å². The third-order valence-electron chi connectivity index (χ3n) is 13.2. The van der Waals surface area contributed by atoms with Crippen molar-refractivity contribution in [1.82, 2.24) is 19.6 Å². The van der Waals surface area contributed by atoms with Gasteiger partial charge in [0.15, 0.2) is 5.78 Å². The summed E-state index contributed by atoms with van der Waals surface area (Å²) in [4.78, 5) is 66.6. The number of amides is 3. The van der Waals surface area contributed by atoms with E-state index in [-0.39, 0.29) is 94.4 Å². The smallest absolute Gasteiger partial charge is 0.242 e. The highest BCUT2D eigenvalue weighted by molar-refractivity contribution is 5.91. The number of unbranched alkanes of at least 4 members (excludes halogenated alkanes) is 2. The zero-order valence-corrected chi connectivity index (χ0v) is 39.4. The second kappa shape index (κ2) is 27.3. The maximum atomic E-state index is 15.2. The average molecular weight is 926 g/mol. The molecule has 0 radical (unpaired) electrons. The largest absolute Gasteiger partial charge is 0.333 e. The van der Waals surface area contributed by atoms with Gasteiger partial charge < -0.3 is 20.4 Å². The molecule has 9 nitrogen and oxygen atoms in total. The van der Waals surface area contributed by atoms with E-state index < -0.39 is 0 Å². The van der Waals surface area contributed by atoms with E-state index in [1.807, 2.05) is 109 Å². The van der Waals surface area contributed by atoms with E-state index in [4.69, 9.17) is 5.73 Å². The van der Waals surface area contributed by atoms with Crippen LogP contribution in [0.1, 0.15) is 97.1 Å². The molecule has 0 saturated carbocycles. The molecule has 0 unspecified atom stereocenters. The van der Waals surface area contributed by atoms with E-state index in [1.54, 1.807) is 14.7 Å². The van der Waals surface area contributed by atoms with Crippen molar-refractivity contribution in [2.24, 2.45) is 5.73 Å². The summed E-state index contributed by atoms with van der Waals surface area (Å²) in [5, 5.41) is 0. The van der Waals surface area contributed by atoms with Crippen molar-refractivity contribution in [3.63, 3.8) is 0 Å². The molecular formula is C60H71N5O4. The molecular weight excluding hydrogens is 855 g/mol. The number of hydrogen-bond acceptors (Lipinski definition) is 6. The lowest BCUT2D eigenvalue weighted by Crippen LogP contribution is -2.51. The van der Waals surface area contributed by atoms with Crippen molar-refractivity contribution in [3.8, 4) is 0 Å². The fourth-order valence-corrected chi connectivity index (χ4v) is 9.45. The summed E-state index contributed by atoms with van der Waals surface area (Å²) < 4.78 is 0. The first-order chi connectivity index (χ1) is 33.4. The molecule has 3 amide bonds. The van der Waals surface area contributed by atoms with Gasteiger partial charge in [-0.2, -0.15) is 0 Å². The van der Waals surface area contributed by atoms with Crippen LogP contribution in [0.2, 0.25) is 0 Å². The van der Waals surface area contributed by atoms with Crippen LogP contribution in [0, 0.1) is 0 Å². The van der Waals surface area contributed by atoms with Crippen molar-refractivity contribution in [3.05, 3.63) is 215 Å². The molecule has 0 aliphatic carbocycles. The molecule has 9 heteroatoms. The topological polar surface area (TPSA) is 107 Å². The van der Waals surface area contributed by atoms with Gasteiger partial charge in [0.1, 0.15) is 0 Å². The molecule has 0 aromatic heterocycles. The number of ketones is 1. The second-order valence-electron chi connectivity index (χ2n) is 18.1. The minimum absolute atomic E-state index is 0. The van der Waals surface area contributed by atoms with Crippen LogP contribution in [0.4, 0.5) is 0 Å². The van der Waals surface area contributed by atoms with Gasteiger partial charge in [-0.15, -0.1) is 0 Å². The molecule has 1 saturated heterocycles. The van der Waals surface area contributed by atoms with Crippen molar-refractivity contribution >= 4 is 23.5 Å². The van der Waals surface area contributed by atoms with Gasteiger partial charge in [0.2, 0.25) is 17.7 Å². The van der Waals surface area contributed by atoms with Gasteiger partial charge in [-0.1, -0.05) is 196 Å². The Bertz CT molecular complexity index is 2320. The first-order valence-electron chi connectivity index (χ1n) is 24.4. The maximum Gasteiger partial charge on any atom is 0.242 e. The summed E-state index contributed by atoms with van der Waals surface area (Å²) in [5.41, 5.74) is 12.3. The first-order valence-corrected chi connectivity index (χ1v) is 24.4. The monoisotopic (exact) mass is 926 g/mol. The van der Waals surface area contributed by atoms with Gasteiger partial charge in [-0.05, 0) is 72.2 Å². The minimum Gasteiger partial charge on any atom is -0.333 e. The van der Waals surface area contributed by atoms with E-state index in [0.29, 0.717) is 45.4 Å². The lowest BCUT2D eigenvalue weighted by Gasteiger charge is -2.34. The van der Waals surface area contributed by atoms with Crippen LogP contribution in [-0.2, 0) is 19.2 Å². The van der Waals surface area contributed by atoms with Crippen LogP contribution in [0.3, 0.4) is 0 Å². The molecule has 2 N–H and O–H groups in total. The third-order valence-corrected chi connectivity index (χ3v) is 13.2. The highest BCUT2D eigenvalue weighted by Crippen LogP contribution is 2.29. The van der Waals surface area contributed by atoms with Crippen molar-refractivity contribution in [2.75, 3.05) is 65.4 Å². The van der Waals surface area contributed by atoms with Gasteiger partial charge in [-0.3, -0.25) is 24.1 Å². The Balaban J connectivity index is 0.00000782. The molecule has 0 spiro atoms. The molecule has 0 bridgehead atoms. The van der Waals surface area contributed by atoms with Gasteiger partial charge in [0.25, 0.3) is 0 Å². The Morgan fingerprint density at radius 3 is 1.13 bits per heavy atom. The maximum absolute atomic E-state index is 15.2. The van der Waals surface area contributed by atoms with Crippen LogP contribution >= 0.6 is 0 Å². The summed E-state index contributed by atoms with van der Waals surface area (Å²) in [6.45, 7) is 2.14. The summed E-state index contributed by atoms with van der Waals surface area (Å²) in [7, 11) is 0. The lowest BCUT2D eigenvalue weighted by molar-refractivity contribution is -0.145. The van der Waals surface area contributed by atoms with Crippen LogP contribution in [-0.4, -0.2) is 109 Å². The fourth-order valence-electron chi connectivity index (χ4n) is 9.45. The highest BCUT2D eigenvalue weighted by Gasteiger charge is 2.32. The quantitative estimate of drug-likeness (QED) is 0.0914. The number of nitrogens with zero attached hydrogens (tertiary/aromatic N) is 4. The van der Waals surface area contributed by atoms with Gasteiger partial charge in [0, 0.05) is 50.4 Å². The molecule has 1 aliphatic heterocycles. The molecule has 1 aliphatic rings. The summed E-state index contributed by atoms with van der Waals surface area (Å²) in [6, 6.07) is 61.0. The van der Waals surface area contributed by atoms with Crippen molar-refractivity contribution in [1.29, 1.82) is 0 Å².